The number of rotatable bonds is 1. The number of nitrogens with zero attached hydrogens (tertiary/aromatic N) is 2. The van der Waals surface area contributed by atoms with Gasteiger partial charge >= 0.3 is 0 Å². The lowest BCUT2D eigenvalue weighted by molar-refractivity contribution is -0.659. The molecular weight excluding hydrogens is 415 g/mol. The minimum absolute atomic E-state index is 0.808. The molecule has 0 aliphatic carbocycles. The molecular formula is C21H15Cl2N2S2+. The highest BCUT2D eigenvalue weighted by Gasteiger charge is 2.34. The van der Waals surface area contributed by atoms with Crippen molar-refractivity contribution in [2.45, 2.75) is 24.3 Å². The van der Waals surface area contributed by atoms with E-state index in [1.807, 2.05) is 35.2 Å². The minimum atomic E-state index is 0.808. The fourth-order valence-electron chi connectivity index (χ4n) is 4.19. The Bertz CT molecular complexity index is 1190. The molecule has 4 heterocycles. The van der Waals surface area contributed by atoms with Crippen molar-refractivity contribution in [2.24, 2.45) is 0 Å². The van der Waals surface area contributed by atoms with Gasteiger partial charge in [-0.3, -0.25) is 0 Å². The smallest absolute Gasteiger partial charge is 0.266 e. The van der Waals surface area contributed by atoms with Crippen LogP contribution >= 0.6 is 46.3 Å². The third kappa shape index (κ3) is 2.51. The first kappa shape index (κ1) is 16.5. The molecule has 3 aromatic rings. The van der Waals surface area contributed by atoms with Crippen LogP contribution < -0.4 is 9.47 Å². The number of allylic oxidation sites excluding steroid dienone is 2. The molecule has 6 heteroatoms. The predicted octanol–water partition coefficient (Wildman–Crippen LogP) is 6.51. The summed E-state index contributed by atoms with van der Waals surface area (Å²) < 4.78 is 3.73. The fourth-order valence-corrected chi connectivity index (χ4v) is 6.94. The Labute approximate surface area is 175 Å². The molecule has 3 aliphatic heterocycles. The Kier molecular flexibility index (Phi) is 3.67. The molecule has 0 N–H and O–H groups in total. The second kappa shape index (κ2) is 6.02. The van der Waals surface area contributed by atoms with E-state index >= 15 is 0 Å². The summed E-state index contributed by atoms with van der Waals surface area (Å²) in [5.41, 5.74) is 5.42. The SMILES string of the molecule is Clc1ccc2c(c1)N1CCC(/C=C3\CC[n+]4c3sc3ccc(Cl)cc34)=C1S2. The van der Waals surface area contributed by atoms with Crippen LogP contribution in [0, 0.1) is 0 Å². The van der Waals surface area contributed by atoms with Gasteiger partial charge in [-0.1, -0.05) is 46.3 Å². The van der Waals surface area contributed by atoms with E-state index in [1.165, 1.54) is 42.0 Å². The average molecular weight is 430 g/mol. The lowest BCUT2D eigenvalue weighted by Gasteiger charge is -2.13. The highest BCUT2D eigenvalue weighted by atomic mass is 35.5. The number of thioether (sulfide) groups is 1. The molecule has 2 nitrogen and oxygen atoms in total. The number of benzene rings is 2. The zero-order valence-corrected chi connectivity index (χ0v) is 17.5. The lowest BCUT2D eigenvalue weighted by atomic mass is 10.1. The first-order valence-electron chi connectivity index (χ1n) is 8.98. The van der Waals surface area contributed by atoms with E-state index in [-0.39, 0.29) is 0 Å². The van der Waals surface area contributed by atoms with Crippen LogP contribution in [0.25, 0.3) is 15.8 Å². The normalized spacial score (nSPS) is 19.3. The molecule has 0 atom stereocenters. The van der Waals surface area contributed by atoms with E-state index in [0.717, 1.165) is 36.0 Å². The maximum absolute atomic E-state index is 6.22. The molecule has 0 unspecified atom stereocenters. The number of halogens is 2. The van der Waals surface area contributed by atoms with Crippen LogP contribution in [0.3, 0.4) is 0 Å². The van der Waals surface area contributed by atoms with Crippen LogP contribution in [-0.2, 0) is 6.54 Å². The maximum Gasteiger partial charge on any atom is 0.266 e. The van der Waals surface area contributed by atoms with E-state index in [0.29, 0.717) is 0 Å². The summed E-state index contributed by atoms with van der Waals surface area (Å²) in [5, 5.41) is 4.37. The van der Waals surface area contributed by atoms with Gasteiger partial charge in [0.05, 0.1) is 10.7 Å². The van der Waals surface area contributed by atoms with E-state index < -0.39 is 0 Å². The molecule has 0 fully saturated rings. The molecule has 0 amide bonds. The van der Waals surface area contributed by atoms with Gasteiger partial charge in [-0.05, 0) is 48.4 Å². The first-order chi connectivity index (χ1) is 13.2. The molecule has 2 aromatic carbocycles. The second-order valence-electron chi connectivity index (χ2n) is 7.04. The largest absolute Gasteiger partial charge is 0.334 e. The summed E-state index contributed by atoms with van der Waals surface area (Å²) in [5.74, 6) is 0. The predicted molar refractivity (Wildman–Crippen MR) is 116 cm³/mol. The minimum Gasteiger partial charge on any atom is -0.334 e. The Balaban J connectivity index is 1.43. The zero-order chi connectivity index (χ0) is 18.1. The van der Waals surface area contributed by atoms with Gasteiger partial charge in [-0.2, -0.15) is 4.57 Å². The second-order valence-corrected chi connectivity index (χ2v) is 9.97. The highest BCUT2D eigenvalue weighted by molar-refractivity contribution is 8.03. The van der Waals surface area contributed by atoms with Crippen molar-refractivity contribution in [3.05, 3.63) is 68.1 Å². The average Bonchev–Trinajstić information content (AvgIpc) is 3.38. The van der Waals surface area contributed by atoms with Gasteiger partial charge in [-0.15, -0.1) is 0 Å². The molecule has 0 bridgehead atoms. The molecule has 3 aliphatic rings. The van der Waals surface area contributed by atoms with Crippen LogP contribution in [-0.4, -0.2) is 6.54 Å². The summed E-state index contributed by atoms with van der Waals surface area (Å²) in [6.45, 7) is 2.08. The molecule has 0 saturated heterocycles. The number of thiazole rings is 1. The van der Waals surface area contributed by atoms with Gasteiger partial charge in [0.2, 0.25) is 5.52 Å². The van der Waals surface area contributed by atoms with Crippen molar-refractivity contribution in [2.75, 3.05) is 11.4 Å². The summed E-state index contributed by atoms with van der Waals surface area (Å²) >= 11 is 16.2. The quantitative estimate of drug-likeness (QED) is 0.406. The van der Waals surface area contributed by atoms with Crippen LogP contribution in [0.5, 0.6) is 0 Å². The molecule has 134 valence electrons. The molecule has 0 radical (unpaired) electrons. The van der Waals surface area contributed by atoms with Crippen LogP contribution in [0.2, 0.25) is 10.0 Å². The number of anilines is 1. The van der Waals surface area contributed by atoms with E-state index in [1.54, 1.807) is 0 Å². The van der Waals surface area contributed by atoms with Crippen molar-refractivity contribution >= 4 is 67.8 Å². The van der Waals surface area contributed by atoms with Crippen molar-refractivity contribution in [3.8, 4) is 0 Å². The Morgan fingerprint density at radius 1 is 1.04 bits per heavy atom. The molecule has 6 rings (SSSR count). The topological polar surface area (TPSA) is 7.12 Å². The fraction of sp³-hybridized carbons (Fsp3) is 0.190. The molecule has 0 saturated carbocycles. The van der Waals surface area contributed by atoms with Gasteiger partial charge in [0.25, 0.3) is 5.01 Å². The van der Waals surface area contributed by atoms with Crippen molar-refractivity contribution < 1.29 is 4.57 Å². The summed E-state index contributed by atoms with van der Waals surface area (Å²) in [4.78, 5) is 3.73. The number of aromatic nitrogens is 1. The zero-order valence-electron chi connectivity index (χ0n) is 14.3. The maximum atomic E-state index is 6.22. The number of aryl methyl sites for hydroxylation is 1. The van der Waals surface area contributed by atoms with Crippen molar-refractivity contribution in [1.82, 2.24) is 0 Å². The lowest BCUT2D eigenvalue weighted by Crippen LogP contribution is -2.30. The molecule has 27 heavy (non-hydrogen) atoms. The third-order valence-electron chi connectivity index (χ3n) is 5.43. The number of fused-ring (bicyclic) bond motifs is 6. The van der Waals surface area contributed by atoms with Crippen LogP contribution in [0.4, 0.5) is 5.69 Å². The van der Waals surface area contributed by atoms with Gasteiger partial charge in [0.15, 0.2) is 6.54 Å². The number of hydrogen-bond acceptors (Lipinski definition) is 3. The Hall–Kier alpha value is -1.46. The van der Waals surface area contributed by atoms with Gasteiger partial charge in [0.1, 0.15) is 4.70 Å². The molecule has 1 aromatic heterocycles. The first-order valence-corrected chi connectivity index (χ1v) is 11.4. The number of hydrogen-bond donors (Lipinski definition) is 0. The summed E-state index contributed by atoms with van der Waals surface area (Å²) in [6.07, 6.45) is 4.62. The standard InChI is InChI=1S/C21H15Cl2N2S2/c22-14-1-3-18-16(10-14)24-7-5-12(20(24)26-18)9-13-6-8-25-17-11-15(23)2-4-19(17)27-21(13)25/h1-4,9-11H,5-8H2/q+1. The highest BCUT2D eigenvalue weighted by Crippen LogP contribution is 2.51. The van der Waals surface area contributed by atoms with Gasteiger partial charge in [-0.25, -0.2) is 0 Å². The summed E-state index contributed by atoms with van der Waals surface area (Å²) in [6, 6.07) is 12.4. The summed E-state index contributed by atoms with van der Waals surface area (Å²) in [7, 11) is 0. The van der Waals surface area contributed by atoms with Crippen LogP contribution in [0.1, 0.15) is 17.8 Å². The van der Waals surface area contributed by atoms with E-state index in [9.17, 15) is 0 Å². The van der Waals surface area contributed by atoms with Gasteiger partial charge < -0.3 is 4.90 Å². The van der Waals surface area contributed by atoms with Gasteiger partial charge in [0, 0.05) is 39.5 Å². The van der Waals surface area contributed by atoms with Crippen molar-refractivity contribution in [3.63, 3.8) is 0 Å². The monoisotopic (exact) mass is 429 g/mol. The van der Waals surface area contributed by atoms with Crippen LogP contribution in [0.15, 0.2) is 58.0 Å². The Morgan fingerprint density at radius 2 is 1.89 bits per heavy atom. The molecule has 0 spiro atoms. The Morgan fingerprint density at radius 3 is 2.81 bits per heavy atom. The van der Waals surface area contributed by atoms with E-state index in [4.69, 9.17) is 23.2 Å². The van der Waals surface area contributed by atoms with E-state index in [2.05, 4.69) is 39.8 Å². The third-order valence-corrected chi connectivity index (χ3v) is 8.39. The van der Waals surface area contributed by atoms with Crippen molar-refractivity contribution in [1.29, 1.82) is 0 Å².